The summed E-state index contributed by atoms with van der Waals surface area (Å²) >= 11 is 0. The first kappa shape index (κ1) is 29.0. The number of rotatable bonds is 5. The van der Waals surface area contributed by atoms with Gasteiger partial charge in [0.05, 0.1) is 0 Å². The third-order valence-electron chi connectivity index (χ3n) is 9.72. The topological polar surface area (TPSA) is 51.8 Å². The second-order valence-corrected chi connectivity index (χ2v) is 12.8. The van der Waals surface area contributed by atoms with Crippen molar-refractivity contribution in [3.05, 3.63) is 176 Å². The molecule has 10 aromatic rings. The summed E-state index contributed by atoms with van der Waals surface area (Å²) in [6.07, 6.45) is 0. The first-order chi connectivity index (χ1) is 25.2. The Morgan fingerprint density at radius 1 is 0.333 bits per heavy atom. The van der Waals surface area contributed by atoms with Gasteiger partial charge in [-0.1, -0.05) is 146 Å². The molecule has 238 valence electrons. The van der Waals surface area contributed by atoms with Crippen LogP contribution >= 0.6 is 0 Å². The molecular formula is C47H29N3O. The van der Waals surface area contributed by atoms with Crippen molar-refractivity contribution in [1.29, 1.82) is 0 Å². The Labute approximate surface area is 294 Å². The molecule has 4 nitrogen and oxygen atoms in total. The number of fused-ring (bicyclic) bond motifs is 5. The normalized spacial score (nSPS) is 11.5. The zero-order valence-electron chi connectivity index (χ0n) is 27.5. The first-order valence-electron chi connectivity index (χ1n) is 17.1. The van der Waals surface area contributed by atoms with E-state index in [9.17, 15) is 0 Å². The number of benzene rings is 8. The molecule has 2 aromatic heterocycles. The second kappa shape index (κ2) is 11.9. The van der Waals surface area contributed by atoms with Gasteiger partial charge in [0.2, 0.25) is 0 Å². The Hall–Kier alpha value is -6.91. The minimum Gasteiger partial charge on any atom is -0.455 e. The van der Waals surface area contributed by atoms with Crippen molar-refractivity contribution in [3.8, 4) is 56.4 Å². The van der Waals surface area contributed by atoms with Crippen molar-refractivity contribution in [2.45, 2.75) is 0 Å². The van der Waals surface area contributed by atoms with Crippen LogP contribution in [0.15, 0.2) is 180 Å². The summed E-state index contributed by atoms with van der Waals surface area (Å²) in [5, 5.41) is 6.85. The van der Waals surface area contributed by atoms with Crippen LogP contribution in [-0.2, 0) is 0 Å². The lowest BCUT2D eigenvalue weighted by Gasteiger charge is -2.11. The quantitative estimate of drug-likeness (QED) is 0.186. The van der Waals surface area contributed by atoms with Gasteiger partial charge >= 0.3 is 0 Å². The van der Waals surface area contributed by atoms with Gasteiger partial charge in [-0.2, -0.15) is 0 Å². The van der Waals surface area contributed by atoms with Crippen LogP contribution in [0.3, 0.4) is 0 Å². The fourth-order valence-electron chi connectivity index (χ4n) is 7.12. The highest BCUT2D eigenvalue weighted by atomic mass is 16.3. The Morgan fingerprint density at radius 3 is 1.57 bits per heavy atom. The van der Waals surface area contributed by atoms with Crippen molar-refractivity contribution < 1.29 is 4.42 Å². The van der Waals surface area contributed by atoms with E-state index in [1.165, 1.54) is 27.1 Å². The Balaban J connectivity index is 1.15. The number of aromatic nitrogens is 3. The largest absolute Gasteiger partial charge is 0.455 e. The van der Waals surface area contributed by atoms with Crippen molar-refractivity contribution in [3.63, 3.8) is 0 Å². The van der Waals surface area contributed by atoms with Gasteiger partial charge in [-0.15, -0.1) is 0 Å². The van der Waals surface area contributed by atoms with Gasteiger partial charge in [-0.3, -0.25) is 0 Å². The lowest BCUT2D eigenvalue weighted by molar-refractivity contribution is 0.670. The van der Waals surface area contributed by atoms with E-state index < -0.39 is 0 Å². The highest BCUT2D eigenvalue weighted by Crippen LogP contribution is 2.42. The highest BCUT2D eigenvalue weighted by Gasteiger charge is 2.21. The Kier molecular flexibility index (Phi) is 6.78. The Morgan fingerprint density at radius 2 is 0.843 bits per heavy atom. The van der Waals surface area contributed by atoms with Crippen LogP contribution in [0.1, 0.15) is 0 Å². The predicted molar refractivity (Wildman–Crippen MR) is 209 cm³/mol. The summed E-state index contributed by atoms with van der Waals surface area (Å²) in [6.45, 7) is 0. The molecule has 51 heavy (non-hydrogen) atoms. The van der Waals surface area contributed by atoms with Gasteiger partial charge < -0.3 is 4.42 Å². The SMILES string of the molecule is c1ccc(-c2nc(-c3ccc(-c4ccc5ccccc5c4)cc3)nc(-c3ccc(-c4ccc5ccccc5c4)c4oc5ccccc5c34)n2)cc1. The maximum atomic E-state index is 6.65. The van der Waals surface area contributed by atoms with Crippen LogP contribution in [-0.4, -0.2) is 15.0 Å². The molecule has 0 amide bonds. The molecule has 0 N–H and O–H groups in total. The van der Waals surface area contributed by atoms with Gasteiger partial charge in [0.25, 0.3) is 0 Å². The third kappa shape index (κ3) is 5.13. The van der Waals surface area contributed by atoms with Gasteiger partial charge in [0, 0.05) is 33.0 Å². The molecule has 0 unspecified atom stereocenters. The minimum atomic E-state index is 0.596. The maximum Gasteiger partial charge on any atom is 0.164 e. The number of hydrogen-bond acceptors (Lipinski definition) is 4. The van der Waals surface area contributed by atoms with Crippen LogP contribution in [0.5, 0.6) is 0 Å². The van der Waals surface area contributed by atoms with Crippen LogP contribution in [0.25, 0.3) is 99.9 Å². The molecule has 0 aliphatic carbocycles. The van der Waals surface area contributed by atoms with Crippen LogP contribution in [0, 0.1) is 0 Å². The molecule has 0 spiro atoms. The summed E-state index contributed by atoms with van der Waals surface area (Å²) in [6, 6.07) is 61.1. The molecule has 0 saturated heterocycles. The summed E-state index contributed by atoms with van der Waals surface area (Å²) in [5.74, 6) is 1.83. The maximum absolute atomic E-state index is 6.65. The minimum absolute atomic E-state index is 0.596. The predicted octanol–water partition coefficient (Wildman–Crippen LogP) is 12.4. The molecule has 0 bridgehead atoms. The van der Waals surface area contributed by atoms with Crippen LogP contribution < -0.4 is 0 Å². The molecule has 2 heterocycles. The monoisotopic (exact) mass is 651 g/mol. The molecule has 0 fully saturated rings. The number of para-hydroxylation sites is 1. The highest BCUT2D eigenvalue weighted by molar-refractivity contribution is 6.16. The smallest absolute Gasteiger partial charge is 0.164 e. The van der Waals surface area contributed by atoms with E-state index in [1.807, 2.05) is 42.5 Å². The van der Waals surface area contributed by atoms with Crippen LogP contribution in [0.4, 0.5) is 0 Å². The summed E-state index contributed by atoms with van der Waals surface area (Å²) in [5.41, 5.74) is 8.80. The van der Waals surface area contributed by atoms with E-state index in [4.69, 9.17) is 19.4 Å². The van der Waals surface area contributed by atoms with Gasteiger partial charge in [0.15, 0.2) is 17.5 Å². The molecule has 0 radical (unpaired) electrons. The summed E-state index contributed by atoms with van der Waals surface area (Å²) in [4.78, 5) is 15.3. The lowest BCUT2D eigenvalue weighted by Crippen LogP contribution is -2.00. The van der Waals surface area contributed by atoms with E-state index in [-0.39, 0.29) is 0 Å². The zero-order chi connectivity index (χ0) is 33.7. The molecule has 0 saturated carbocycles. The molecule has 0 aliphatic heterocycles. The van der Waals surface area contributed by atoms with Gasteiger partial charge in [-0.05, 0) is 68.6 Å². The molecule has 4 heteroatoms. The van der Waals surface area contributed by atoms with Crippen molar-refractivity contribution >= 4 is 43.5 Å². The van der Waals surface area contributed by atoms with E-state index in [0.717, 1.165) is 55.3 Å². The molecule has 10 rings (SSSR count). The molecular weight excluding hydrogens is 623 g/mol. The van der Waals surface area contributed by atoms with E-state index in [2.05, 4.69) is 133 Å². The van der Waals surface area contributed by atoms with Crippen LogP contribution in [0.2, 0.25) is 0 Å². The number of nitrogens with zero attached hydrogens (tertiary/aromatic N) is 3. The summed E-state index contributed by atoms with van der Waals surface area (Å²) in [7, 11) is 0. The standard InChI is InChI=1S/C47H29N3O/c1-2-12-33(13-3-1)45-48-46(34-22-18-32(19-23-34)37-24-20-30-10-4-6-14-35(30)28-37)50-47(49-45)41-27-26-39(38-25-21-31-11-5-7-15-36(31)29-38)44-43(41)40-16-8-9-17-42(40)51-44/h1-29H. The lowest BCUT2D eigenvalue weighted by atomic mass is 9.96. The van der Waals surface area contributed by atoms with Gasteiger partial charge in [-0.25, -0.2) is 15.0 Å². The fraction of sp³-hybridized carbons (Fsp3) is 0. The van der Waals surface area contributed by atoms with Crippen molar-refractivity contribution in [2.24, 2.45) is 0 Å². The first-order valence-corrected chi connectivity index (χ1v) is 17.1. The average Bonchev–Trinajstić information content (AvgIpc) is 3.60. The third-order valence-corrected chi connectivity index (χ3v) is 9.72. The zero-order valence-corrected chi connectivity index (χ0v) is 27.5. The van der Waals surface area contributed by atoms with Crippen molar-refractivity contribution in [1.82, 2.24) is 15.0 Å². The van der Waals surface area contributed by atoms with Crippen molar-refractivity contribution in [2.75, 3.05) is 0 Å². The summed E-state index contributed by atoms with van der Waals surface area (Å²) < 4.78 is 6.65. The van der Waals surface area contributed by atoms with E-state index in [1.54, 1.807) is 0 Å². The second-order valence-electron chi connectivity index (χ2n) is 12.8. The molecule has 0 aliphatic rings. The molecule has 0 atom stereocenters. The van der Waals surface area contributed by atoms with E-state index in [0.29, 0.717) is 17.5 Å². The fourth-order valence-corrected chi connectivity index (χ4v) is 7.12. The Bertz CT molecular complexity index is 2910. The average molecular weight is 652 g/mol. The van der Waals surface area contributed by atoms with E-state index >= 15 is 0 Å². The number of furan rings is 1. The molecule has 8 aromatic carbocycles. The number of hydrogen-bond donors (Lipinski definition) is 0. The van der Waals surface area contributed by atoms with Gasteiger partial charge in [0.1, 0.15) is 11.2 Å².